The van der Waals surface area contributed by atoms with Gasteiger partial charge in [0.2, 0.25) is 0 Å². The van der Waals surface area contributed by atoms with Gasteiger partial charge in [-0.05, 0) is 37.6 Å². The number of aromatic nitrogens is 1. The fourth-order valence-corrected chi connectivity index (χ4v) is 3.24. The average Bonchev–Trinajstić information content (AvgIpc) is 2.95. The van der Waals surface area contributed by atoms with E-state index in [0.717, 1.165) is 38.2 Å². The summed E-state index contributed by atoms with van der Waals surface area (Å²) in [7, 11) is 0. The summed E-state index contributed by atoms with van der Waals surface area (Å²) in [5, 5.41) is 6.02. The summed E-state index contributed by atoms with van der Waals surface area (Å²) in [6.45, 7) is 8.31. The Morgan fingerprint density at radius 3 is 2.71 bits per heavy atom. The van der Waals surface area contributed by atoms with E-state index in [1.807, 2.05) is 0 Å². The van der Waals surface area contributed by atoms with Crippen molar-refractivity contribution in [3.05, 3.63) is 42.0 Å². The molecule has 128 valence electrons. The first-order valence-corrected chi connectivity index (χ1v) is 9.09. The first-order chi connectivity index (χ1) is 11.7. The number of hydrogen-bond donors (Lipinski definition) is 2. The number of benzene rings is 2. The molecule has 0 aliphatic carbocycles. The molecule has 0 amide bonds. The molecule has 1 heterocycles. The molecule has 0 unspecified atom stereocenters. The Balaban J connectivity index is 1.84. The van der Waals surface area contributed by atoms with Crippen molar-refractivity contribution in [2.75, 3.05) is 13.2 Å². The number of H-pyrrole nitrogens is 1. The third-order valence-electron chi connectivity index (χ3n) is 4.38. The average molecular weight is 324 g/mol. The highest BCUT2D eigenvalue weighted by molar-refractivity contribution is 6.08. The molecule has 0 radical (unpaired) electrons. The van der Waals surface area contributed by atoms with Crippen molar-refractivity contribution in [1.82, 2.24) is 10.3 Å². The predicted molar refractivity (Wildman–Crippen MR) is 103 cm³/mol. The third-order valence-corrected chi connectivity index (χ3v) is 4.38. The third kappa shape index (κ3) is 3.57. The quantitative estimate of drug-likeness (QED) is 0.570. The number of hydrogen-bond acceptors (Lipinski definition) is 2. The maximum absolute atomic E-state index is 6.12. The zero-order chi connectivity index (χ0) is 16.9. The van der Waals surface area contributed by atoms with E-state index in [1.165, 1.54) is 27.4 Å². The number of aromatic amines is 1. The van der Waals surface area contributed by atoms with Gasteiger partial charge in [-0.3, -0.25) is 0 Å². The molecule has 1 aromatic heterocycles. The molecule has 0 saturated carbocycles. The summed E-state index contributed by atoms with van der Waals surface area (Å²) in [5.74, 6) is 1.03. The van der Waals surface area contributed by atoms with Gasteiger partial charge in [-0.2, -0.15) is 0 Å². The second kappa shape index (κ2) is 7.71. The van der Waals surface area contributed by atoms with Gasteiger partial charge in [-0.1, -0.05) is 45.4 Å². The number of ether oxygens (including phenoxy) is 1. The van der Waals surface area contributed by atoms with E-state index in [1.54, 1.807) is 0 Å². The van der Waals surface area contributed by atoms with Gasteiger partial charge >= 0.3 is 0 Å². The molecule has 0 fully saturated rings. The van der Waals surface area contributed by atoms with E-state index in [0.29, 0.717) is 6.04 Å². The summed E-state index contributed by atoms with van der Waals surface area (Å²) in [6.07, 6.45) is 3.16. The van der Waals surface area contributed by atoms with E-state index in [9.17, 15) is 0 Å². The maximum Gasteiger partial charge on any atom is 0.124 e. The van der Waals surface area contributed by atoms with Crippen molar-refractivity contribution in [2.24, 2.45) is 0 Å². The van der Waals surface area contributed by atoms with E-state index < -0.39 is 0 Å². The van der Waals surface area contributed by atoms with Crippen LogP contribution in [0.25, 0.3) is 21.8 Å². The van der Waals surface area contributed by atoms with E-state index in [2.05, 4.69) is 67.5 Å². The summed E-state index contributed by atoms with van der Waals surface area (Å²) in [5.41, 5.74) is 3.74. The largest absolute Gasteiger partial charge is 0.493 e. The highest BCUT2D eigenvalue weighted by Crippen LogP contribution is 2.33. The van der Waals surface area contributed by atoms with E-state index in [4.69, 9.17) is 4.74 Å². The highest BCUT2D eigenvalue weighted by atomic mass is 16.5. The summed E-state index contributed by atoms with van der Waals surface area (Å²) < 4.78 is 6.12. The molecule has 2 N–H and O–H groups in total. The molecule has 0 aliphatic heterocycles. The molecule has 3 aromatic rings. The lowest BCUT2D eigenvalue weighted by Crippen LogP contribution is -2.24. The van der Waals surface area contributed by atoms with Gasteiger partial charge in [-0.25, -0.2) is 0 Å². The van der Waals surface area contributed by atoms with Crippen molar-refractivity contribution >= 4 is 21.8 Å². The number of para-hydroxylation sites is 1. The molecule has 0 aliphatic rings. The molecule has 0 bridgehead atoms. The molecule has 0 atom stereocenters. The topological polar surface area (TPSA) is 37.0 Å². The molecule has 0 saturated heterocycles. The lowest BCUT2D eigenvalue weighted by molar-refractivity contribution is 0.303. The van der Waals surface area contributed by atoms with Crippen LogP contribution in [0.15, 0.2) is 36.4 Å². The molecular weight excluding hydrogens is 296 g/mol. The van der Waals surface area contributed by atoms with Crippen LogP contribution in [-0.4, -0.2) is 24.2 Å². The molecule has 3 nitrogen and oxygen atoms in total. The monoisotopic (exact) mass is 324 g/mol. The smallest absolute Gasteiger partial charge is 0.124 e. The van der Waals surface area contributed by atoms with Crippen molar-refractivity contribution in [3.63, 3.8) is 0 Å². The van der Waals surface area contributed by atoms with Gasteiger partial charge in [0.1, 0.15) is 5.75 Å². The Labute approximate surface area is 144 Å². The van der Waals surface area contributed by atoms with Gasteiger partial charge in [0.15, 0.2) is 0 Å². The van der Waals surface area contributed by atoms with Crippen LogP contribution in [0.4, 0.5) is 0 Å². The van der Waals surface area contributed by atoms with E-state index >= 15 is 0 Å². The van der Waals surface area contributed by atoms with Crippen LogP contribution < -0.4 is 10.1 Å². The standard InChI is InChI=1S/C21H28N2O/c1-4-8-18-20(24-14-7-13-22-15(2)3)12-11-17-16-9-5-6-10-19(16)23-21(17)18/h5-6,9-12,15,22-23H,4,7-8,13-14H2,1-3H3. The SMILES string of the molecule is CCCc1c(OCCCNC(C)C)ccc2c1[nH]c1ccccc12. The predicted octanol–water partition coefficient (Wildman–Crippen LogP) is 5.04. The summed E-state index contributed by atoms with van der Waals surface area (Å²) in [6, 6.07) is 13.4. The minimum Gasteiger partial charge on any atom is -0.493 e. The molecule has 0 spiro atoms. The zero-order valence-electron chi connectivity index (χ0n) is 15.0. The van der Waals surface area contributed by atoms with Crippen molar-refractivity contribution in [3.8, 4) is 5.75 Å². The Morgan fingerprint density at radius 2 is 1.92 bits per heavy atom. The van der Waals surface area contributed by atoms with Crippen LogP contribution in [0.2, 0.25) is 0 Å². The van der Waals surface area contributed by atoms with Crippen LogP contribution in [0.5, 0.6) is 5.75 Å². The number of fused-ring (bicyclic) bond motifs is 3. The first-order valence-electron chi connectivity index (χ1n) is 9.09. The fraction of sp³-hybridized carbons (Fsp3) is 0.429. The zero-order valence-corrected chi connectivity index (χ0v) is 15.0. The van der Waals surface area contributed by atoms with Crippen LogP contribution in [0, 0.1) is 0 Å². The van der Waals surface area contributed by atoms with Crippen LogP contribution in [-0.2, 0) is 6.42 Å². The minimum atomic E-state index is 0.531. The normalized spacial score (nSPS) is 11.7. The Bertz CT molecular complexity index is 804. The Hall–Kier alpha value is -2.00. The van der Waals surface area contributed by atoms with Gasteiger partial charge in [0.25, 0.3) is 0 Å². The second-order valence-electron chi connectivity index (χ2n) is 6.70. The van der Waals surface area contributed by atoms with Crippen LogP contribution in [0.3, 0.4) is 0 Å². The summed E-state index contributed by atoms with van der Waals surface area (Å²) >= 11 is 0. The molecule has 3 heteroatoms. The minimum absolute atomic E-state index is 0.531. The molecular formula is C21H28N2O. The molecule has 3 rings (SSSR count). The van der Waals surface area contributed by atoms with Gasteiger partial charge in [0, 0.05) is 27.9 Å². The maximum atomic E-state index is 6.12. The first kappa shape index (κ1) is 16.8. The van der Waals surface area contributed by atoms with Crippen LogP contribution >= 0.6 is 0 Å². The second-order valence-corrected chi connectivity index (χ2v) is 6.70. The van der Waals surface area contributed by atoms with E-state index in [-0.39, 0.29) is 0 Å². The Kier molecular flexibility index (Phi) is 5.41. The lowest BCUT2D eigenvalue weighted by Gasteiger charge is -2.13. The molecule has 2 aromatic carbocycles. The van der Waals surface area contributed by atoms with Gasteiger partial charge < -0.3 is 15.0 Å². The van der Waals surface area contributed by atoms with Crippen molar-refractivity contribution in [2.45, 2.75) is 46.1 Å². The number of rotatable bonds is 8. The Morgan fingerprint density at radius 1 is 1.08 bits per heavy atom. The van der Waals surface area contributed by atoms with Gasteiger partial charge in [0.05, 0.1) is 12.1 Å². The van der Waals surface area contributed by atoms with Crippen molar-refractivity contribution in [1.29, 1.82) is 0 Å². The fourth-order valence-electron chi connectivity index (χ4n) is 3.24. The molecule has 24 heavy (non-hydrogen) atoms. The number of nitrogens with one attached hydrogen (secondary N) is 2. The van der Waals surface area contributed by atoms with Crippen molar-refractivity contribution < 1.29 is 4.74 Å². The highest BCUT2D eigenvalue weighted by Gasteiger charge is 2.12. The van der Waals surface area contributed by atoms with Gasteiger partial charge in [-0.15, -0.1) is 0 Å². The number of aryl methyl sites for hydroxylation is 1. The summed E-state index contributed by atoms with van der Waals surface area (Å²) in [4.78, 5) is 3.60. The lowest BCUT2D eigenvalue weighted by atomic mass is 10.0. The van der Waals surface area contributed by atoms with Crippen LogP contribution in [0.1, 0.15) is 39.2 Å².